The van der Waals surface area contributed by atoms with E-state index in [0.717, 1.165) is 31.9 Å². The van der Waals surface area contributed by atoms with Crippen molar-refractivity contribution in [2.24, 2.45) is 5.92 Å². The Hall–Kier alpha value is -1.61. The molecule has 140 valence electrons. The van der Waals surface area contributed by atoms with Gasteiger partial charge in [-0.15, -0.1) is 12.4 Å². The number of carbonyl (C=O) groups excluding carboxylic acids is 1. The number of hydrogen-bond acceptors (Lipinski definition) is 5. The van der Waals surface area contributed by atoms with Crippen LogP contribution in [0.4, 0.5) is 19.1 Å². The second-order valence-corrected chi connectivity index (χ2v) is 6.29. The number of anilines is 1. The van der Waals surface area contributed by atoms with Gasteiger partial charge in [0, 0.05) is 44.6 Å². The van der Waals surface area contributed by atoms with Gasteiger partial charge in [0.05, 0.1) is 11.5 Å². The van der Waals surface area contributed by atoms with E-state index in [1.807, 2.05) is 16.7 Å². The Balaban J connectivity index is 0.00000225. The summed E-state index contributed by atoms with van der Waals surface area (Å²) in [6, 6.07) is -0.0474. The summed E-state index contributed by atoms with van der Waals surface area (Å²) in [5.74, 6) is 0.455. The number of amides is 1. The van der Waals surface area contributed by atoms with Crippen LogP contribution in [-0.4, -0.2) is 59.5 Å². The van der Waals surface area contributed by atoms with Crippen LogP contribution >= 0.6 is 12.4 Å². The van der Waals surface area contributed by atoms with Crippen LogP contribution in [0.25, 0.3) is 0 Å². The number of rotatable bonds is 2. The highest BCUT2D eigenvalue weighted by atomic mass is 35.5. The number of halogens is 4. The molecule has 0 spiro atoms. The van der Waals surface area contributed by atoms with Crippen molar-refractivity contribution >= 4 is 24.3 Å². The summed E-state index contributed by atoms with van der Waals surface area (Å²) in [6.45, 7) is 5.08. The molecular formula is C15H21ClF3N5O. The first kappa shape index (κ1) is 19.7. The zero-order valence-electron chi connectivity index (χ0n) is 13.8. The number of aromatic nitrogens is 2. The van der Waals surface area contributed by atoms with Crippen LogP contribution in [0.2, 0.25) is 0 Å². The lowest BCUT2D eigenvalue weighted by Crippen LogP contribution is -2.55. The molecule has 2 aliphatic heterocycles. The number of carbonyl (C=O) groups is 1. The van der Waals surface area contributed by atoms with Crippen LogP contribution < -0.4 is 10.2 Å². The van der Waals surface area contributed by atoms with Gasteiger partial charge in [0.2, 0.25) is 11.9 Å². The minimum absolute atomic E-state index is 0. The molecule has 3 rings (SSSR count). The first-order chi connectivity index (χ1) is 11.4. The van der Waals surface area contributed by atoms with Gasteiger partial charge in [-0.2, -0.15) is 13.2 Å². The third-order valence-electron chi connectivity index (χ3n) is 4.57. The van der Waals surface area contributed by atoms with E-state index < -0.39 is 11.7 Å². The Labute approximate surface area is 150 Å². The summed E-state index contributed by atoms with van der Waals surface area (Å²) >= 11 is 0. The second-order valence-electron chi connectivity index (χ2n) is 6.29. The molecule has 2 fully saturated rings. The van der Waals surface area contributed by atoms with E-state index in [4.69, 9.17) is 0 Å². The van der Waals surface area contributed by atoms with Crippen LogP contribution in [0.15, 0.2) is 12.4 Å². The molecule has 10 heteroatoms. The number of alkyl halides is 3. The van der Waals surface area contributed by atoms with E-state index in [2.05, 4.69) is 15.3 Å². The molecule has 1 aromatic heterocycles. The molecular weight excluding hydrogens is 359 g/mol. The van der Waals surface area contributed by atoms with Crippen molar-refractivity contribution < 1.29 is 18.0 Å². The maximum absolute atomic E-state index is 12.6. The van der Waals surface area contributed by atoms with E-state index in [-0.39, 0.29) is 36.2 Å². The number of piperazine rings is 1. The molecule has 0 unspecified atom stereocenters. The molecule has 0 radical (unpaired) electrons. The van der Waals surface area contributed by atoms with Crippen molar-refractivity contribution in [3.8, 4) is 0 Å². The maximum atomic E-state index is 12.6. The Kier molecular flexibility index (Phi) is 6.10. The standard InChI is InChI=1S/C15H20F3N5O.ClH/c1-10-9-22(13(24)11-2-3-19-6-11)4-5-23(10)14-20-7-12(8-21-14)15(16,17)18;/h7-8,10-11,19H,2-6,9H2,1H3;1H/t10-,11+;/m0./s1. The van der Waals surface area contributed by atoms with E-state index in [1.165, 1.54) is 0 Å². The molecule has 0 aromatic carbocycles. The zero-order chi connectivity index (χ0) is 17.3. The Morgan fingerprint density at radius 2 is 1.96 bits per heavy atom. The Bertz CT molecular complexity index is 592. The predicted octanol–water partition coefficient (Wildman–Crippen LogP) is 1.56. The minimum atomic E-state index is -4.44. The van der Waals surface area contributed by atoms with Crippen LogP contribution in [0.1, 0.15) is 18.9 Å². The van der Waals surface area contributed by atoms with Gasteiger partial charge in [0.15, 0.2) is 0 Å². The summed E-state index contributed by atoms with van der Waals surface area (Å²) in [5.41, 5.74) is -0.860. The summed E-state index contributed by atoms with van der Waals surface area (Å²) in [5, 5.41) is 3.19. The lowest BCUT2D eigenvalue weighted by atomic mass is 10.1. The largest absolute Gasteiger partial charge is 0.419 e. The molecule has 6 nitrogen and oxygen atoms in total. The highest BCUT2D eigenvalue weighted by Crippen LogP contribution is 2.29. The first-order valence-electron chi connectivity index (χ1n) is 8.01. The van der Waals surface area contributed by atoms with Gasteiger partial charge in [-0.25, -0.2) is 9.97 Å². The fourth-order valence-electron chi connectivity index (χ4n) is 3.19. The van der Waals surface area contributed by atoms with Gasteiger partial charge in [0.1, 0.15) is 0 Å². The van der Waals surface area contributed by atoms with Gasteiger partial charge in [-0.3, -0.25) is 4.79 Å². The normalized spacial score (nSPS) is 24.2. The predicted molar refractivity (Wildman–Crippen MR) is 88.6 cm³/mol. The summed E-state index contributed by atoms with van der Waals surface area (Å²) in [7, 11) is 0. The first-order valence-corrected chi connectivity index (χ1v) is 8.01. The van der Waals surface area contributed by atoms with E-state index in [9.17, 15) is 18.0 Å². The van der Waals surface area contributed by atoms with Gasteiger partial charge in [0.25, 0.3) is 0 Å². The zero-order valence-corrected chi connectivity index (χ0v) is 14.6. The molecule has 25 heavy (non-hydrogen) atoms. The van der Waals surface area contributed by atoms with E-state index in [0.29, 0.717) is 19.6 Å². The monoisotopic (exact) mass is 379 g/mol. The highest BCUT2D eigenvalue weighted by molar-refractivity contribution is 5.85. The SMILES string of the molecule is C[C@H]1CN(C(=O)[C@@H]2CCNC2)CCN1c1ncc(C(F)(F)F)cn1.Cl. The van der Waals surface area contributed by atoms with Crippen LogP contribution in [0, 0.1) is 5.92 Å². The van der Waals surface area contributed by atoms with Crippen molar-refractivity contribution in [3.63, 3.8) is 0 Å². The smallest absolute Gasteiger partial charge is 0.339 e. The van der Waals surface area contributed by atoms with Crippen molar-refractivity contribution in [2.75, 3.05) is 37.6 Å². The Morgan fingerprint density at radius 1 is 1.28 bits per heavy atom. The van der Waals surface area contributed by atoms with Crippen molar-refractivity contribution in [3.05, 3.63) is 18.0 Å². The lowest BCUT2D eigenvalue weighted by Gasteiger charge is -2.40. The lowest BCUT2D eigenvalue weighted by molar-refractivity contribution is -0.138. The molecule has 1 aromatic rings. The highest BCUT2D eigenvalue weighted by Gasteiger charge is 2.34. The number of nitrogens with one attached hydrogen (secondary N) is 1. The molecule has 3 heterocycles. The molecule has 0 aliphatic carbocycles. The topological polar surface area (TPSA) is 61.4 Å². The number of hydrogen-bond donors (Lipinski definition) is 1. The van der Waals surface area contributed by atoms with Gasteiger partial charge in [-0.1, -0.05) is 0 Å². The summed E-state index contributed by atoms with van der Waals surface area (Å²) in [4.78, 5) is 23.8. The average molecular weight is 380 g/mol. The molecule has 2 atom stereocenters. The Morgan fingerprint density at radius 3 is 2.48 bits per heavy atom. The number of nitrogens with zero attached hydrogens (tertiary/aromatic N) is 4. The van der Waals surface area contributed by atoms with Crippen LogP contribution in [0.3, 0.4) is 0 Å². The summed E-state index contributed by atoms with van der Waals surface area (Å²) in [6.07, 6.45) is -1.98. The molecule has 1 N–H and O–H groups in total. The minimum Gasteiger partial charge on any atom is -0.339 e. The third-order valence-corrected chi connectivity index (χ3v) is 4.57. The molecule has 2 aliphatic rings. The maximum Gasteiger partial charge on any atom is 0.419 e. The fraction of sp³-hybridized carbons (Fsp3) is 0.667. The van der Waals surface area contributed by atoms with Crippen molar-refractivity contribution in [2.45, 2.75) is 25.6 Å². The van der Waals surface area contributed by atoms with Crippen LogP contribution in [0.5, 0.6) is 0 Å². The third kappa shape index (κ3) is 4.33. The quantitative estimate of drug-likeness (QED) is 0.845. The van der Waals surface area contributed by atoms with Gasteiger partial charge < -0.3 is 15.1 Å². The van der Waals surface area contributed by atoms with E-state index >= 15 is 0 Å². The van der Waals surface area contributed by atoms with Crippen molar-refractivity contribution in [1.82, 2.24) is 20.2 Å². The van der Waals surface area contributed by atoms with Crippen molar-refractivity contribution in [1.29, 1.82) is 0 Å². The second kappa shape index (κ2) is 7.74. The fourth-order valence-corrected chi connectivity index (χ4v) is 3.19. The molecule has 2 saturated heterocycles. The van der Waals surface area contributed by atoms with Crippen LogP contribution in [-0.2, 0) is 11.0 Å². The van der Waals surface area contributed by atoms with Gasteiger partial charge in [-0.05, 0) is 19.9 Å². The molecule has 1 amide bonds. The average Bonchev–Trinajstić information content (AvgIpc) is 3.08. The molecule has 0 bridgehead atoms. The molecule has 0 saturated carbocycles. The van der Waals surface area contributed by atoms with E-state index in [1.54, 1.807) is 0 Å². The summed E-state index contributed by atoms with van der Waals surface area (Å²) < 4.78 is 37.8. The van der Waals surface area contributed by atoms with Gasteiger partial charge >= 0.3 is 6.18 Å².